The molecule has 0 radical (unpaired) electrons. The van der Waals surface area contributed by atoms with Gasteiger partial charge in [-0.1, -0.05) is 33.3 Å². The maximum Gasteiger partial charge on any atom is 0.331 e. The summed E-state index contributed by atoms with van der Waals surface area (Å²) in [5.74, 6) is -2.29. The number of carbonyl (C=O) groups excluding carboxylic acids is 3. The summed E-state index contributed by atoms with van der Waals surface area (Å²) in [4.78, 5) is 36.3. The average Bonchev–Trinajstić information content (AvgIpc) is 2.57. The van der Waals surface area contributed by atoms with Gasteiger partial charge in [-0.25, -0.2) is 4.79 Å². The van der Waals surface area contributed by atoms with Gasteiger partial charge in [0.15, 0.2) is 18.3 Å². The molecule has 0 bridgehead atoms. The Bertz CT molecular complexity index is 598. The lowest BCUT2D eigenvalue weighted by atomic mass is 9.84. The van der Waals surface area contributed by atoms with Crippen molar-refractivity contribution in [3.05, 3.63) is 11.6 Å². The van der Waals surface area contributed by atoms with Crippen molar-refractivity contribution in [3.63, 3.8) is 0 Å². The molecule has 30 heavy (non-hydrogen) atoms. The van der Waals surface area contributed by atoms with Gasteiger partial charge in [0.25, 0.3) is 0 Å². The number of ether oxygens (including phenoxy) is 3. The minimum atomic E-state index is -1.72. The first-order valence-corrected chi connectivity index (χ1v) is 10.1. The van der Waals surface area contributed by atoms with Crippen LogP contribution in [0.25, 0.3) is 0 Å². The molecule has 172 valence electrons. The molecular weight excluding hydrogens is 396 g/mol. The Labute approximate surface area is 177 Å². The SMILES string of the molecule is CC(C)=CC(=O)OC1[C@H](O)[C@@H](OC(=O)CC(C)C)C(O)[C@H](OC(=O)CC(C)C)[C@H]1O. The van der Waals surface area contributed by atoms with E-state index in [1.54, 1.807) is 41.5 Å². The van der Waals surface area contributed by atoms with E-state index < -0.39 is 54.5 Å². The molecule has 9 heteroatoms. The highest BCUT2D eigenvalue weighted by molar-refractivity contribution is 5.82. The molecule has 9 nitrogen and oxygen atoms in total. The minimum absolute atomic E-state index is 0.0263. The highest BCUT2D eigenvalue weighted by Gasteiger charge is 2.54. The molecule has 0 aromatic rings. The van der Waals surface area contributed by atoms with Crippen molar-refractivity contribution in [1.82, 2.24) is 0 Å². The zero-order chi connectivity index (χ0) is 23.2. The van der Waals surface area contributed by atoms with Gasteiger partial charge in [-0.05, 0) is 25.7 Å². The number of hydrogen-bond acceptors (Lipinski definition) is 9. The molecule has 1 saturated carbocycles. The van der Waals surface area contributed by atoms with Crippen molar-refractivity contribution in [2.75, 3.05) is 0 Å². The molecule has 3 N–H and O–H groups in total. The first kappa shape index (κ1) is 26.1. The van der Waals surface area contributed by atoms with Crippen molar-refractivity contribution in [3.8, 4) is 0 Å². The van der Waals surface area contributed by atoms with E-state index in [9.17, 15) is 29.7 Å². The molecular formula is C21H34O9. The molecule has 0 saturated heterocycles. The second kappa shape index (κ2) is 11.4. The first-order chi connectivity index (χ1) is 13.8. The van der Waals surface area contributed by atoms with Crippen molar-refractivity contribution < 1.29 is 43.9 Å². The number of hydrogen-bond donors (Lipinski definition) is 3. The van der Waals surface area contributed by atoms with Gasteiger partial charge in [0, 0.05) is 18.9 Å². The number of aliphatic hydroxyl groups excluding tert-OH is 3. The van der Waals surface area contributed by atoms with Crippen LogP contribution in [0.3, 0.4) is 0 Å². The molecule has 0 aromatic carbocycles. The molecule has 0 unspecified atom stereocenters. The Morgan fingerprint density at radius 3 is 1.37 bits per heavy atom. The van der Waals surface area contributed by atoms with Crippen molar-refractivity contribution in [1.29, 1.82) is 0 Å². The second-order valence-electron chi connectivity index (χ2n) is 8.70. The van der Waals surface area contributed by atoms with Gasteiger partial charge < -0.3 is 29.5 Å². The summed E-state index contributed by atoms with van der Waals surface area (Å²) in [6, 6.07) is 0. The van der Waals surface area contributed by atoms with E-state index in [0.29, 0.717) is 5.57 Å². The Morgan fingerprint density at radius 1 is 0.733 bits per heavy atom. The molecule has 0 heterocycles. The highest BCUT2D eigenvalue weighted by atomic mass is 16.6. The van der Waals surface area contributed by atoms with Crippen LogP contribution in [-0.4, -0.2) is 69.9 Å². The second-order valence-corrected chi connectivity index (χ2v) is 8.70. The summed E-state index contributed by atoms with van der Waals surface area (Å²) >= 11 is 0. The van der Waals surface area contributed by atoms with Crippen LogP contribution in [-0.2, 0) is 28.6 Å². The number of aliphatic hydroxyl groups is 3. The van der Waals surface area contributed by atoms with Crippen LogP contribution >= 0.6 is 0 Å². The van der Waals surface area contributed by atoms with Crippen LogP contribution in [0.15, 0.2) is 11.6 Å². The third kappa shape index (κ3) is 7.70. The topological polar surface area (TPSA) is 140 Å². The number of allylic oxidation sites excluding steroid dienone is 1. The molecule has 0 spiro atoms. The van der Waals surface area contributed by atoms with Crippen LogP contribution < -0.4 is 0 Å². The van der Waals surface area contributed by atoms with Gasteiger partial charge in [-0.2, -0.15) is 0 Å². The lowest BCUT2D eigenvalue weighted by molar-refractivity contribution is -0.246. The fourth-order valence-electron chi connectivity index (χ4n) is 3.06. The van der Waals surface area contributed by atoms with Crippen LogP contribution in [0, 0.1) is 11.8 Å². The van der Waals surface area contributed by atoms with E-state index in [4.69, 9.17) is 14.2 Å². The van der Waals surface area contributed by atoms with Gasteiger partial charge >= 0.3 is 17.9 Å². The number of carbonyl (C=O) groups is 3. The van der Waals surface area contributed by atoms with Crippen molar-refractivity contribution in [2.24, 2.45) is 11.8 Å². The van der Waals surface area contributed by atoms with Gasteiger partial charge in [-0.3, -0.25) is 9.59 Å². The van der Waals surface area contributed by atoms with Crippen LogP contribution in [0.1, 0.15) is 54.4 Å². The van der Waals surface area contributed by atoms with Gasteiger partial charge in [0.05, 0.1) is 0 Å². The molecule has 1 aliphatic rings. The van der Waals surface area contributed by atoms with Crippen LogP contribution in [0.2, 0.25) is 0 Å². The summed E-state index contributed by atoms with van der Waals surface area (Å²) in [7, 11) is 0. The van der Waals surface area contributed by atoms with E-state index >= 15 is 0 Å². The summed E-state index contributed by atoms with van der Waals surface area (Å²) in [5.41, 5.74) is 0.625. The maximum absolute atomic E-state index is 12.1. The third-order valence-electron chi connectivity index (χ3n) is 4.36. The first-order valence-electron chi connectivity index (χ1n) is 10.1. The molecule has 4 atom stereocenters. The van der Waals surface area contributed by atoms with Crippen molar-refractivity contribution >= 4 is 17.9 Å². The smallest absolute Gasteiger partial charge is 0.331 e. The molecule has 1 aliphatic carbocycles. The fourth-order valence-corrected chi connectivity index (χ4v) is 3.06. The zero-order valence-corrected chi connectivity index (χ0v) is 18.4. The predicted octanol–water partition coefficient (Wildman–Crippen LogP) is 0.876. The molecule has 1 fully saturated rings. The van der Waals surface area contributed by atoms with E-state index in [0.717, 1.165) is 6.08 Å². The van der Waals surface area contributed by atoms with E-state index in [-0.39, 0.29) is 24.7 Å². The Kier molecular flexibility index (Phi) is 9.93. The third-order valence-corrected chi connectivity index (χ3v) is 4.36. The largest absolute Gasteiger partial charge is 0.456 e. The highest BCUT2D eigenvalue weighted by Crippen LogP contribution is 2.29. The number of rotatable bonds is 8. The summed E-state index contributed by atoms with van der Waals surface area (Å²) < 4.78 is 15.6. The van der Waals surface area contributed by atoms with Crippen molar-refractivity contribution in [2.45, 2.75) is 91.0 Å². The zero-order valence-electron chi connectivity index (χ0n) is 18.4. The van der Waals surface area contributed by atoms with E-state index in [2.05, 4.69) is 0 Å². The molecule has 0 amide bonds. The average molecular weight is 430 g/mol. The molecule has 0 aliphatic heterocycles. The van der Waals surface area contributed by atoms with Crippen LogP contribution in [0.5, 0.6) is 0 Å². The molecule has 1 rings (SSSR count). The molecule has 0 aromatic heterocycles. The van der Waals surface area contributed by atoms with E-state index in [1.165, 1.54) is 0 Å². The van der Waals surface area contributed by atoms with Gasteiger partial charge in [0.1, 0.15) is 18.3 Å². The Balaban J connectivity index is 3.14. The summed E-state index contributed by atoms with van der Waals surface area (Å²) in [6.45, 7) is 10.5. The fraction of sp³-hybridized carbons (Fsp3) is 0.762. The Hall–Kier alpha value is -1.97. The summed E-state index contributed by atoms with van der Waals surface area (Å²) in [5, 5.41) is 31.8. The standard InChI is InChI=1S/C21H34O9/c1-10(2)7-13(22)28-19-16(25)20(29-14(23)8-11(3)4)18(27)21(17(19)26)30-15(24)9-12(5)6/h7,11-12,16-21,25-27H,8-9H2,1-6H3/t16-,17-,18?,19?,20+,21+/m0/s1. The lowest BCUT2D eigenvalue weighted by Crippen LogP contribution is -2.66. The normalized spacial score (nSPS) is 28.8. The summed E-state index contributed by atoms with van der Waals surface area (Å²) in [6.07, 6.45) is -8.63. The minimum Gasteiger partial charge on any atom is -0.456 e. The van der Waals surface area contributed by atoms with Gasteiger partial charge in [0.2, 0.25) is 0 Å². The van der Waals surface area contributed by atoms with Gasteiger partial charge in [-0.15, -0.1) is 0 Å². The number of esters is 3. The Morgan fingerprint density at radius 2 is 1.07 bits per heavy atom. The lowest BCUT2D eigenvalue weighted by Gasteiger charge is -2.43. The monoisotopic (exact) mass is 430 g/mol. The van der Waals surface area contributed by atoms with Crippen LogP contribution in [0.4, 0.5) is 0 Å². The van der Waals surface area contributed by atoms with E-state index in [1.807, 2.05) is 0 Å². The maximum atomic E-state index is 12.1. The quantitative estimate of drug-likeness (QED) is 0.291. The predicted molar refractivity (Wildman–Crippen MR) is 106 cm³/mol.